The lowest BCUT2D eigenvalue weighted by molar-refractivity contribution is -0.115. The molecule has 2 N–H and O–H groups in total. The Morgan fingerprint density at radius 3 is 2.32 bits per heavy atom. The zero-order valence-corrected chi connectivity index (χ0v) is 13.1. The van der Waals surface area contributed by atoms with E-state index in [4.69, 9.17) is 28.5 Å². The van der Waals surface area contributed by atoms with Crippen LogP contribution in [0.2, 0.25) is 10.0 Å². The van der Waals surface area contributed by atoms with E-state index in [9.17, 15) is 4.79 Å². The third kappa shape index (κ3) is 4.39. The average Bonchev–Trinajstić information content (AvgIpc) is 2.51. The topological polar surface area (TPSA) is 64.9 Å². The minimum absolute atomic E-state index is 0.139. The molecular formula is C16H13Cl2N3O. The molecule has 112 valence electrons. The van der Waals surface area contributed by atoms with Crippen molar-refractivity contribution in [3.05, 3.63) is 58.1 Å². The van der Waals surface area contributed by atoms with Crippen LogP contribution in [-0.2, 0) is 4.79 Å². The summed E-state index contributed by atoms with van der Waals surface area (Å²) in [5.74, 6) is -0.139. The van der Waals surface area contributed by atoms with Crippen LogP contribution in [0.4, 0.5) is 11.4 Å². The minimum atomic E-state index is -0.139. The summed E-state index contributed by atoms with van der Waals surface area (Å²) in [4.78, 5) is 11.8. The zero-order chi connectivity index (χ0) is 15.9. The smallest absolute Gasteiger partial charge is 0.226 e. The Hall–Kier alpha value is -2.22. The van der Waals surface area contributed by atoms with Crippen LogP contribution < -0.4 is 10.6 Å². The van der Waals surface area contributed by atoms with Gasteiger partial charge in [-0.25, -0.2) is 0 Å². The van der Waals surface area contributed by atoms with Gasteiger partial charge in [-0.1, -0.05) is 29.3 Å². The van der Waals surface area contributed by atoms with Crippen molar-refractivity contribution in [3.8, 4) is 6.07 Å². The molecule has 0 spiro atoms. The number of nitrogens with one attached hydrogen (secondary N) is 2. The van der Waals surface area contributed by atoms with Crippen LogP contribution in [0.25, 0.3) is 0 Å². The summed E-state index contributed by atoms with van der Waals surface area (Å²) < 4.78 is 0. The van der Waals surface area contributed by atoms with Gasteiger partial charge in [0.1, 0.15) is 0 Å². The Labute approximate surface area is 138 Å². The van der Waals surface area contributed by atoms with Gasteiger partial charge in [-0.15, -0.1) is 0 Å². The molecule has 0 saturated heterocycles. The molecule has 0 aliphatic rings. The molecule has 1 amide bonds. The standard InChI is InChI=1S/C16H13Cl2N3O/c17-13-2-1-3-14(18)16(13)20-9-8-15(22)21-12-6-4-11(10-19)5-7-12/h1-7,20H,8-9H2,(H,21,22). The fourth-order valence-corrected chi connectivity index (χ4v) is 2.35. The Morgan fingerprint density at radius 2 is 1.73 bits per heavy atom. The van der Waals surface area contributed by atoms with Crippen molar-refractivity contribution in [2.75, 3.05) is 17.2 Å². The monoisotopic (exact) mass is 333 g/mol. The van der Waals surface area contributed by atoms with Gasteiger partial charge in [0.25, 0.3) is 0 Å². The molecular weight excluding hydrogens is 321 g/mol. The largest absolute Gasteiger partial charge is 0.382 e. The Balaban J connectivity index is 1.84. The highest BCUT2D eigenvalue weighted by Gasteiger charge is 2.06. The first-order valence-corrected chi connectivity index (χ1v) is 7.33. The predicted molar refractivity (Wildman–Crippen MR) is 89.4 cm³/mol. The molecule has 0 aliphatic heterocycles. The van der Waals surface area contributed by atoms with Crippen molar-refractivity contribution >= 4 is 40.5 Å². The second-order valence-electron chi connectivity index (χ2n) is 4.51. The van der Waals surface area contributed by atoms with Gasteiger partial charge in [-0.3, -0.25) is 4.79 Å². The summed E-state index contributed by atoms with van der Waals surface area (Å²) in [5, 5.41) is 15.5. The minimum Gasteiger partial charge on any atom is -0.382 e. The lowest BCUT2D eigenvalue weighted by Crippen LogP contribution is -2.16. The van der Waals surface area contributed by atoms with E-state index in [1.54, 1.807) is 42.5 Å². The molecule has 0 bridgehead atoms. The number of carbonyl (C=O) groups excluding carboxylic acids is 1. The highest BCUT2D eigenvalue weighted by atomic mass is 35.5. The number of nitrogens with zero attached hydrogens (tertiary/aromatic N) is 1. The third-order valence-electron chi connectivity index (χ3n) is 2.91. The maximum Gasteiger partial charge on any atom is 0.226 e. The van der Waals surface area contributed by atoms with E-state index >= 15 is 0 Å². The number of hydrogen-bond donors (Lipinski definition) is 2. The summed E-state index contributed by atoms with van der Waals surface area (Å²) >= 11 is 12.1. The first kappa shape index (κ1) is 16.2. The molecule has 2 aromatic carbocycles. The lowest BCUT2D eigenvalue weighted by atomic mass is 10.2. The van der Waals surface area contributed by atoms with Gasteiger partial charge in [0.05, 0.1) is 27.4 Å². The fourth-order valence-electron chi connectivity index (χ4n) is 1.82. The van der Waals surface area contributed by atoms with Crippen LogP contribution >= 0.6 is 23.2 Å². The van der Waals surface area contributed by atoms with Crippen molar-refractivity contribution in [2.45, 2.75) is 6.42 Å². The Bertz CT molecular complexity index is 688. The fraction of sp³-hybridized carbons (Fsp3) is 0.125. The lowest BCUT2D eigenvalue weighted by Gasteiger charge is -2.10. The number of benzene rings is 2. The number of nitriles is 1. The molecule has 0 heterocycles. The normalized spacial score (nSPS) is 9.86. The Morgan fingerprint density at radius 1 is 1.09 bits per heavy atom. The van der Waals surface area contributed by atoms with Gasteiger partial charge < -0.3 is 10.6 Å². The van der Waals surface area contributed by atoms with Crippen LogP contribution in [0.3, 0.4) is 0 Å². The van der Waals surface area contributed by atoms with Gasteiger partial charge in [0.15, 0.2) is 0 Å². The number of amides is 1. The summed E-state index contributed by atoms with van der Waals surface area (Å²) in [5.41, 5.74) is 1.82. The second kappa shape index (κ2) is 7.69. The van der Waals surface area contributed by atoms with Crippen molar-refractivity contribution in [1.82, 2.24) is 0 Å². The van der Waals surface area contributed by atoms with E-state index in [1.807, 2.05) is 6.07 Å². The highest BCUT2D eigenvalue weighted by molar-refractivity contribution is 6.39. The Kier molecular flexibility index (Phi) is 5.65. The van der Waals surface area contributed by atoms with E-state index in [0.717, 1.165) is 0 Å². The molecule has 6 heteroatoms. The first-order chi connectivity index (χ1) is 10.6. The van der Waals surface area contributed by atoms with E-state index in [-0.39, 0.29) is 12.3 Å². The molecule has 0 unspecified atom stereocenters. The van der Waals surface area contributed by atoms with Crippen molar-refractivity contribution in [3.63, 3.8) is 0 Å². The summed E-state index contributed by atoms with van der Waals surface area (Å²) in [6.45, 7) is 0.408. The highest BCUT2D eigenvalue weighted by Crippen LogP contribution is 2.29. The van der Waals surface area contributed by atoms with E-state index in [1.165, 1.54) is 0 Å². The zero-order valence-electron chi connectivity index (χ0n) is 11.6. The van der Waals surface area contributed by atoms with Crippen molar-refractivity contribution in [1.29, 1.82) is 5.26 Å². The summed E-state index contributed by atoms with van der Waals surface area (Å²) in [7, 11) is 0. The third-order valence-corrected chi connectivity index (χ3v) is 3.54. The van der Waals surface area contributed by atoms with Gasteiger partial charge in [0, 0.05) is 18.7 Å². The van der Waals surface area contributed by atoms with Gasteiger partial charge in [-0.05, 0) is 36.4 Å². The van der Waals surface area contributed by atoms with Gasteiger partial charge in [-0.2, -0.15) is 5.26 Å². The maximum absolute atomic E-state index is 11.8. The summed E-state index contributed by atoms with van der Waals surface area (Å²) in [6, 6.07) is 13.9. The molecule has 2 rings (SSSR count). The average molecular weight is 334 g/mol. The molecule has 0 aromatic heterocycles. The second-order valence-corrected chi connectivity index (χ2v) is 5.33. The van der Waals surface area contributed by atoms with E-state index < -0.39 is 0 Å². The maximum atomic E-state index is 11.8. The molecule has 0 radical (unpaired) electrons. The molecule has 22 heavy (non-hydrogen) atoms. The molecule has 4 nitrogen and oxygen atoms in total. The van der Waals surface area contributed by atoms with Crippen LogP contribution in [0.15, 0.2) is 42.5 Å². The molecule has 2 aromatic rings. The quantitative estimate of drug-likeness (QED) is 0.856. The number of hydrogen-bond acceptors (Lipinski definition) is 3. The van der Waals surface area contributed by atoms with E-state index in [0.29, 0.717) is 33.5 Å². The van der Waals surface area contributed by atoms with Crippen LogP contribution in [0, 0.1) is 11.3 Å². The predicted octanol–water partition coefficient (Wildman–Crippen LogP) is 4.31. The number of para-hydroxylation sites is 1. The number of anilines is 2. The van der Waals surface area contributed by atoms with Crippen LogP contribution in [0.1, 0.15) is 12.0 Å². The van der Waals surface area contributed by atoms with Gasteiger partial charge >= 0.3 is 0 Å². The SMILES string of the molecule is N#Cc1ccc(NC(=O)CCNc2c(Cl)cccc2Cl)cc1. The van der Waals surface area contributed by atoms with Crippen LogP contribution in [-0.4, -0.2) is 12.5 Å². The van der Waals surface area contributed by atoms with Crippen molar-refractivity contribution in [2.24, 2.45) is 0 Å². The molecule has 0 aliphatic carbocycles. The van der Waals surface area contributed by atoms with E-state index in [2.05, 4.69) is 10.6 Å². The number of halogens is 2. The van der Waals surface area contributed by atoms with Crippen LogP contribution in [0.5, 0.6) is 0 Å². The van der Waals surface area contributed by atoms with Gasteiger partial charge in [0.2, 0.25) is 5.91 Å². The summed E-state index contributed by atoms with van der Waals surface area (Å²) in [6.07, 6.45) is 0.265. The molecule has 0 fully saturated rings. The number of rotatable bonds is 5. The van der Waals surface area contributed by atoms with Crippen molar-refractivity contribution < 1.29 is 4.79 Å². The first-order valence-electron chi connectivity index (χ1n) is 6.58. The molecule has 0 saturated carbocycles. The molecule has 0 atom stereocenters. The number of carbonyl (C=O) groups is 1.